The molecule has 4 rings (SSSR count). The van der Waals surface area contributed by atoms with E-state index >= 15 is 0 Å². The van der Waals surface area contributed by atoms with E-state index in [1.165, 1.54) is 6.33 Å². The Hall–Kier alpha value is -2.34. The first-order valence-corrected chi connectivity index (χ1v) is 11.0. The fraction of sp³-hybridized carbons (Fsp3) is 0.714. The number of ether oxygens (including phenoxy) is 4. The number of esters is 1. The zero-order valence-electron chi connectivity index (χ0n) is 18.9. The maximum Gasteiger partial charge on any atom is 0.323 e. The van der Waals surface area contributed by atoms with Gasteiger partial charge in [-0.2, -0.15) is 0 Å². The van der Waals surface area contributed by atoms with Crippen LogP contribution in [0.2, 0.25) is 0 Å². The number of hydrogen-bond donors (Lipinski definition) is 2. The largest absolute Gasteiger partial charge is 0.462 e. The van der Waals surface area contributed by atoms with Crippen molar-refractivity contribution in [2.75, 3.05) is 12.3 Å². The van der Waals surface area contributed by atoms with Crippen molar-refractivity contribution in [3.63, 3.8) is 0 Å². The summed E-state index contributed by atoms with van der Waals surface area (Å²) in [6.45, 7) is 8.32. The Labute approximate surface area is 186 Å². The predicted octanol–water partition coefficient (Wildman–Crippen LogP) is 1.00. The summed E-state index contributed by atoms with van der Waals surface area (Å²) >= 11 is 0. The smallest absolute Gasteiger partial charge is 0.323 e. The number of nitrogens with zero attached hydrogens (tertiary/aromatic N) is 4. The Bertz CT molecular complexity index is 965. The molecular formula is C21H32N6O5. The monoisotopic (exact) mass is 448 g/mol. The molecule has 11 nitrogen and oxygen atoms in total. The molecule has 6 atom stereocenters. The van der Waals surface area contributed by atoms with Crippen LogP contribution in [0.25, 0.3) is 11.2 Å². The Morgan fingerprint density at radius 1 is 1.25 bits per heavy atom. The summed E-state index contributed by atoms with van der Waals surface area (Å²) in [5, 5.41) is 0. The average Bonchev–Trinajstić information content (AvgIpc) is 3.41. The molecule has 0 unspecified atom stereocenters. The van der Waals surface area contributed by atoms with Crippen LogP contribution >= 0.6 is 0 Å². The van der Waals surface area contributed by atoms with Crippen molar-refractivity contribution in [1.29, 1.82) is 0 Å². The molecule has 4 N–H and O–H groups in total. The van der Waals surface area contributed by atoms with Crippen LogP contribution in [0, 0.1) is 5.92 Å². The van der Waals surface area contributed by atoms with Gasteiger partial charge in [0.2, 0.25) is 0 Å². The summed E-state index contributed by atoms with van der Waals surface area (Å²) in [4.78, 5) is 24.9. The van der Waals surface area contributed by atoms with Crippen molar-refractivity contribution in [2.24, 2.45) is 11.7 Å². The molecule has 2 fully saturated rings. The van der Waals surface area contributed by atoms with E-state index in [1.54, 1.807) is 6.33 Å². The summed E-state index contributed by atoms with van der Waals surface area (Å²) < 4.78 is 25.8. The number of nitrogen functional groups attached to an aromatic ring is 1. The summed E-state index contributed by atoms with van der Waals surface area (Å²) in [5.74, 6) is -0.780. The van der Waals surface area contributed by atoms with Gasteiger partial charge in [-0.3, -0.25) is 4.79 Å². The fourth-order valence-corrected chi connectivity index (χ4v) is 4.21. The highest BCUT2D eigenvalue weighted by atomic mass is 16.8. The minimum Gasteiger partial charge on any atom is -0.462 e. The van der Waals surface area contributed by atoms with E-state index < -0.39 is 23.9 Å². The predicted molar refractivity (Wildman–Crippen MR) is 115 cm³/mol. The number of aromatic nitrogens is 4. The molecule has 0 bridgehead atoms. The highest BCUT2D eigenvalue weighted by Gasteiger charge is 2.55. The van der Waals surface area contributed by atoms with E-state index in [4.69, 9.17) is 30.4 Å². The van der Waals surface area contributed by atoms with Gasteiger partial charge in [0, 0.05) is 6.54 Å². The SMILES string of the molecule is CC[C@H](C)[C@H](N)C(=O)OC[C@H]1O[C@@H](CCn2cnc3c(N)ncnc32)[C@@H]2OC(C)(C)O[C@@H]21. The summed E-state index contributed by atoms with van der Waals surface area (Å²) in [6.07, 6.45) is 3.26. The topological polar surface area (TPSA) is 150 Å². The molecule has 32 heavy (non-hydrogen) atoms. The molecule has 0 aromatic carbocycles. The molecular weight excluding hydrogens is 416 g/mol. The van der Waals surface area contributed by atoms with E-state index in [0.29, 0.717) is 29.9 Å². The van der Waals surface area contributed by atoms with Crippen LogP contribution in [0.3, 0.4) is 0 Å². The minimum absolute atomic E-state index is 0.0420. The van der Waals surface area contributed by atoms with Crippen LogP contribution in [0.1, 0.15) is 40.5 Å². The van der Waals surface area contributed by atoms with E-state index in [0.717, 1.165) is 6.42 Å². The van der Waals surface area contributed by atoms with E-state index in [-0.39, 0.29) is 30.8 Å². The zero-order chi connectivity index (χ0) is 23.0. The molecule has 2 aromatic heterocycles. The molecule has 11 heteroatoms. The third-order valence-electron chi connectivity index (χ3n) is 6.25. The third kappa shape index (κ3) is 4.42. The highest BCUT2D eigenvalue weighted by Crippen LogP contribution is 2.40. The van der Waals surface area contributed by atoms with E-state index in [1.807, 2.05) is 32.3 Å². The Kier molecular flexibility index (Phi) is 6.35. The summed E-state index contributed by atoms with van der Waals surface area (Å²) in [6, 6.07) is -0.658. The lowest BCUT2D eigenvalue weighted by atomic mass is 10.0. The molecule has 0 spiro atoms. The van der Waals surface area contributed by atoms with Crippen molar-refractivity contribution < 1.29 is 23.7 Å². The molecule has 2 aliphatic rings. The first-order valence-electron chi connectivity index (χ1n) is 11.0. The van der Waals surface area contributed by atoms with Crippen LogP contribution in [0.15, 0.2) is 12.7 Å². The molecule has 0 amide bonds. The second-order valence-corrected chi connectivity index (χ2v) is 8.98. The van der Waals surface area contributed by atoms with Crippen molar-refractivity contribution in [3.05, 3.63) is 12.7 Å². The summed E-state index contributed by atoms with van der Waals surface area (Å²) in [7, 11) is 0. The number of hydrogen-bond acceptors (Lipinski definition) is 10. The Morgan fingerprint density at radius 2 is 1.97 bits per heavy atom. The van der Waals surface area contributed by atoms with Gasteiger partial charge in [0.25, 0.3) is 0 Å². The molecule has 2 saturated heterocycles. The van der Waals surface area contributed by atoms with Crippen molar-refractivity contribution in [2.45, 2.75) is 83.3 Å². The maximum absolute atomic E-state index is 12.3. The van der Waals surface area contributed by atoms with Gasteiger partial charge in [-0.15, -0.1) is 0 Å². The normalized spacial score (nSPS) is 28.5. The van der Waals surface area contributed by atoms with Crippen LogP contribution < -0.4 is 11.5 Å². The maximum atomic E-state index is 12.3. The molecule has 2 aromatic rings. The number of anilines is 1. The quantitative estimate of drug-likeness (QED) is 0.560. The first kappa shape index (κ1) is 22.8. The number of fused-ring (bicyclic) bond motifs is 2. The van der Waals surface area contributed by atoms with Crippen molar-refractivity contribution in [1.82, 2.24) is 19.5 Å². The number of rotatable bonds is 8. The lowest BCUT2D eigenvalue weighted by Crippen LogP contribution is -2.40. The van der Waals surface area contributed by atoms with E-state index in [2.05, 4.69) is 15.0 Å². The number of nitrogens with two attached hydrogens (primary N) is 2. The lowest BCUT2D eigenvalue weighted by molar-refractivity contribution is -0.194. The van der Waals surface area contributed by atoms with E-state index in [9.17, 15) is 4.79 Å². The van der Waals surface area contributed by atoms with Gasteiger partial charge in [-0.1, -0.05) is 20.3 Å². The fourth-order valence-electron chi connectivity index (χ4n) is 4.21. The van der Waals surface area contributed by atoms with Gasteiger partial charge in [-0.25, -0.2) is 15.0 Å². The van der Waals surface area contributed by atoms with Gasteiger partial charge in [0.1, 0.15) is 42.8 Å². The zero-order valence-corrected chi connectivity index (χ0v) is 18.9. The second kappa shape index (κ2) is 8.89. The van der Waals surface area contributed by atoms with Crippen LogP contribution in [-0.2, 0) is 30.3 Å². The molecule has 4 heterocycles. The number of carbonyl (C=O) groups is 1. The standard InChI is InChI=1S/C21H32N6O5/c1-5-11(2)14(22)20(28)29-8-13-17-16(31-21(3,4)32-17)12(30-13)6-7-27-10-26-15-18(23)24-9-25-19(15)27/h9-14,16-17H,5-8,22H2,1-4H3,(H2,23,24,25)/t11-,12-,13+,14-,16-,17+/m0/s1. The Balaban J connectivity index is 1.41. The Morgan fingerprint density at radius 3 is 2.69 bits per heavy atom. The van der Waals surface area contributed by atoms with Crippen LogP contribution in [0.4, 0.5) is 5.82 Å². The first-order chi connectivity index (χ1) is 15.2. The second-order valence-electron chi connectivity index (χ2n) is 8.98. The third-order valence-corrected chi connectivity index (χ3v) is 6.25. The number of carbonyl (C=O) groups excluding carboxylic acids is 1. The molecule has 0 radical (unpaired) electrons. The molecule has 2 aliphatic heterocycles. The van der Waals surface area contributed by atoms with Crippen LogP contribution in [-0.4, -0.2) is 68.3 Å². The molecule has 176 valence electrons. The minimum atomic E-state index is -0.740. The molecule has 0 saturated carbocycles. The lowest BCUT2D eigenvalue weighted by Gasteiger charge is -2.24. The average molecular weight is 449 g/mol. The van der Waals surface area contributed by atoms with Crippen molar-refractivity contribution >= 4 is 23.0 Å². The van der Waals surface area contributed by atoms with Gasteiger partial charge < -0.3 is 35.0 Å². The van der Waals surface area contributed by atoms with Crippen molar-refractivity contribution in [3.8, 4) is 0 Å². The number of imidazole rings is 1. The summed E-state index contributed by atoms with van der Waals surface area (Å²) in [5.41, 5.74) is 13.1. The van der Waals surface area contributed by atoms with Gasteiger partial charge in [0.15, 0.2) is 17.3 Å². The van der Waals surface area contributed by atoms with Gasteiger partial charge in [0.05, 0.1) is 12.4 Å². The molecule has 0 aliphatic carbocycles. The van der Waals surface area contributed by atoms with Gasteiger partial charge >= 0.3 is 5.97 Å². The van der Waals surface area contributed by atoms with Crippen LogP contribution in [0.5, 0.6) is 0 Å². The van der Waals surface area contributed by atoms with Gasteiger partial charge in [-0.05, 0) is 26.2 Å². The number of aryl methyl sites for hydroxylation is 1. The highest BCUT2D eigenvalue weighted by molar-refractivity contribution is 5.81.